The molecule has 0 radical (unpaired) electrons. The van der Waals surface area contributed by atoms with Gasteiger partial charge in [-0.3, -0.25) is 4.79 Å². The van der Waals surface area contributed by atoms with Crippen molar-refractivity contribution in [1.29, 1.82) is 0 Å². The number of carbonyl (C=O) groups excluding carboxylic acids is 1. The van der Waals surface area contributed by atoms with Crippen LogP contribution in [0.5, 0.6) is 0 Å². The number of aryl methyl sites for hydroxylation is 2. The average molecular weight is 202 g/mol. The third kappa shape index (κ3) is 1.40. The van der Waals surface area contributed by atoms with E-state index in [0.717, 1.165) is 27.7 Å². The standard InChI is InChI=1S/C12H14N2O/c1-6-4-11-9(5-10(6)13)7(2)12(14-11)8(3)15/h4-5,14H,13H2,1-3H3. The summed E-state index contributed by atoms with van der Waals surface area (Å²) in [5.41, 5.74) is 10.3. The van der Waals surface area contributed by atoms with Gasteiger partial charge >= 0.3 is 0 Å². The summed E-state index contributed by atoms with van der Waals surface area (Å²) in [7, 11) is 0. The molecule has 78 valence electrons. The normalized spacial score (nSPS) is 10.9. The van der Waals surface area contributed by atoms with Crippen molar-refractivity contribution in [3.8, 4) is 0 Å². The third-order valence-corrected chi connectivity index (χ3v) is 2.80. The maximum absolute atomic E-state index is 11.3. The number of rotatable bonds is 1. The van der Waals surface area contributed by atoms with Crippen LogP contribution in [-0.4, -0.2) is 10.8 Å². The van der Waals surface area contributed by atoms with Gasteiger partial charge in [-0.2, -0.15) is 0 Å². The van der Waals surface area contributed by atoms with Gasteiger partial charge in [-0.15, -0.1) is 0 Å². The number of hydrogen-bond acceptors (Lipinski definition) is 2. The second kappa shape index (κ2) is 3.12. The molecule has 3 N–H and O–H groups in total. The van der Waals surface area contributed by atoms with Crippen LogP contribution in [-0.2, 0) is 0 Å². The Bertz CT molecular complexity index is 552. The maximum Gasteiger partial charge on any atom is 0.176 e. The lowest BCUT2D eigenvalue weighted by Gasteiger charge is -1.99. The van der Waals surface area contributed by atoms with E-state index in [0.29, 0.717) is 5.69 Å². The highest BCUT2D eigenvalue weighted by Gasteiger charge is 2.11. The molecule has 0 spiro atoms. The van der Waals surface area contributed by atoms with Gasteiger partial charge in [0, 0.05) is 23.5 Å². The van der Waals surface area contributed by atoms with E-state index in [1.54, 1.807) is 6.92 Å². The van der Waals surface area contributed by atoms with Crippen molar-refractivity contribution in [2.75, 3.05) is 5.73 Å². The molecule has 0 saturated heterocycles. The first-order chi connectivity index (χ1) is 7.00. The van der Waals surface area contributed by atoms with Crippen LogP contribution >= 0.6 is 0 Å². The average Bonchev–Trinajstić information content (AvgIpc) is 2.46. The number of carbonyl (C=O) groups is 1. The summed E-state index contributed by atoms with van der Waals surface area (Å²) in [5.74, 6) is 0.0555. The summed E-state index contributed by atoms with van der Waals surface area (Å²) >= 11 is 0. The molecular weight excluding hydrogens is 188 g/mol. The lowest BCUT2D eigenvalue weighted by molar-refractivity contribution is 0.101. The van der Waals surface area contributed by atoms with E-state index in [2.05, 4.69) is 4.98 Å². The molecule has 0 unspecified atom stereocenters. The van der Waals surface area contributed by atoms with E-state index in [9.17, 15) is 4.79 Å². The quantitative estimate of drug-likeness (QED) is 0.551. The maximum atomic E-state index is 11.3. The van der Waals surface area contributed by atoms with E-state index < -0.39 is 0 Å². The Morgan fingerprint density at radius 1 is 1.33 bits per heavy atom. The molecule has 1 aromatic carbocycles. The third-order valence-electron chi connectivity index (χ3n) is 2.80. The molecule has 3 nitrogen and oxygen atoms in total. The fourth-order valence-corrected chi connectivity index (χ4v) is 1.85. The van der Waals surface area contributed by atoms with Crippen molar-refractivity contribution < 1.29 is 4.79 Å². The van der Waals surface area contributed by atoms with Gasteiger partial charge in [0.25, 0.3) is 0 Å². The highest BCUT2D eigenvalue weighted by molar-refractivity contribution is 6.01. The Labute approximate surface area is 88.3 Å². The summed E-state index contributed by atoms with van der Waals surface area (Å²) in [6, 6.07) is 3.90. The molecule has 2 aromatic rings. The minimum Gasteiger partial charge on any atom is -0.398 e. The fraction of sp³-hybridized carbons (Fsp3) is 0.250. The summed E-state index contributed by atoms with van der Waals surface area (Å²) < 4.78 is 0. The number of anilines is 1. The van der Waals surface area contributed by atoms with Gasteiger partial charge in [-0.05, 0) is 37.1 Å². The lowest BCUT2D eigenvalue weighted by Crippen LogP contribution is -1.93. The number of ketones is 1. The molecule has 3 heteroatoms. The Hall–Kier alpha value is -1.77. The van der Waals surface area contributed by atoms with Crippen molar-refractivity contribution in [1.82, 2.24) is 4.98 Å². The van der Waals surface area contributed by atoms with E-state index in [1.807, 2.05) is 26.0 Å². The van der Waals surface area contributed by atoms with E-state index in [1.165, 1.54) is 0 Å². The predicted octanol–water partition coefficient (Wildman–Crippen LogP) is 2.57. The first-order valence-electron chi connectivity index (χ1n) is 4.90. The molecule has 0 aliphatic carbocycles. The molecule has 1 heterocycles. The molecule has 0 aliphatic heterocycles. The predicted molar refractivity (Wildman–Crippen MR) is 62.2 cm³/mol. The van der Waals surface area contributed by atoms with Gasteiger partial charge < -0.3 is 10.7 Å². The van der Waals surface area contributed by atoms with Crippen molar-refractivity contribution in [2.24, 2.45) is 0 Å². The first-order valence-corrected chi connectivity index (χ1v) is 4.90. The van der Waals surface area contributed by atoms with Crippen LogP contribution < -0.4 is 5.73 Å². The molecule has 2 rings (SSSR count). The van der Waals surface area contributed by atoms with Gasteiger partial charge in [0.05, 0.1) is 5.69 Å². The minimum atomic E-state index is 0.0555. The van der Waals surface area contributed by atoms with Crippen molar-refractivity contribution in [3.63, 3.8) is 0 Å². The van der Waals surface area contributed by atoms with Crippen LogP contribution in [0.3, 0.4) is 0 Å². The second-order valence-corrected chi connectivity index (χ2v) is 3.94. The van der Waals surface area contributed by atoms with Crippen molar-refractivity contribution >= 4 is 22.4 Å². The summed E-state index contributed by atoms with van der Waals surface area (Å²) in [4.78, 5) is 14.5. The zero-order chi connectivity index (χ0) is 11.2. The number of hydrogen-bond donors (Lipinski definition) is 2. The van der Waals surface area contributed by atoms with Crippen LogP contribution in [0.2, 0.25) is 0 Å². The molecule has 0 atom stereocenters. The monoisotopic (exact) mass is 202 g/mol. The van der Waals surface area contributed by atoms with Gasteiger partial charge in [0.2, 0.25) is 0 Å². The Morgan fingerprint density at radius 3 is 2.60 bits per heavy atom. The molecular formula is C12H14N2O. The van der Waals surface area contributed by atoms with E-state index in [4.69, 9.17) is 5.73 Å². The molecule has 15 heavy (non-hydrogen) atoms. The highest BCUT2D eigenvalue weighted by Crippen LogP contribution is 2.26. The summed E-state index contributed by atoms with van der Waals surface area (Å²) in [6.45, 7) is 5.46. The van der Waals surface area contributed by atoms with Crippen LogP contribution in [0.15, 0.2) is 12.1 Å². The van der Waals surface area contributed by atoms with Gasteiger partial charge in [-0.25, -0.2) is 0 Å². The zero-order valence-corrected chi connectivity index (χ0v) is 9.14. The van der Waals surface area contributed by atoms with E-state index in [-0.39, 0.29) is 5.78 Å². The fourth-order valence-electron chi connectivity index (χ4n) is 1.85. The first kappa shape index (κ1) is 9.77. The van der Waals surface area contributed by atoms with Gasteiger partial charge in [0.1, 0.15) is 0 Å². The van der Waals surface area contributed by atoms with Gasteiger partial charge in [0.15, 0.2) is 5.78 Å². The zero-order valence-electron chi connectivity index (χ0n) is 9.14. The number of nitrogens with one attached hydrogen (secondary N) is 1. The van der Waals surface area contributed by atoms with Gasteiger partial charge in [-0.1, -0.05) is 0 Å². The number of aromatic nitrogens is 1. The topological polar surface area (TPSA) is 58.9 Å². The lowest BCUT2D eigenvalue weighted by atomic mass is 10.1. The van der Waals surface area contributed by atoms with Crippen molar-refractivity contribution in [2.45, 2.75) is 20.8 Å². The number of benzene rings is 1. The number of aromatic amines is 1. The molecule has 0 aliphatic rings. The number of nitrogens with two attached hydrogens (primary N) is 1. The Morgan fingerprint density at radius 2 is 2.00 bits per heavy atom. The minimum absolute atomic E-state index is 0.0555. The number of nitrogen functional groups attached to an aromatic ring is 1. The Kier molecular flexibility index (Phi) is 2.03. The number of fused-ring (bicyclic) bond motifs is 1. The molecule has 1 aromatic heterocycles. The molecule has 0 saturated carbocycles. The summed E-state index contributed by atoms with van der Waals surface area (Å²) in [6.07, 6.45) is 0. The van der Waals surface area contributed by atoms with Crippen molar-refractivity contribution in [3.05, 3.63) is 29.0 Å². The number of H-pyrrole nitrogens is 1. The van der Waals surface area contributed by atoms with E-state index >= 15 is 0 Å². The smallest absolute Gasteiger partial charge is 0.176 e. The largest absolute Gasteiger partial charge is 0.398 e. The molecule has 0 amide bonds. The summed E-state index contributed by atoms with van der Waals surface area (Å²) in [5, 5.41) is 1.03. The second-order valence-electron chi connectivity index (χ2n) is 3.94. The molecule has 0 bridgehead atoms. The highest BCUT2D eigenvalue weighted by atomic mass is 16.1. The SMILES string of the molecule is CC(=O)c1[nH]c2cc(C)c(N)cc2c1C. The Balaban J connectivity index is 2.83. The van der Waals surface area contributed by atoms with Crippen LogP contribution in [0.4, 0.5) is 5.69 Å². The molecule has 0 fully saturated rings. The number of Topliss-reactive ketones (excluding diaryl/α,β-unsaturated/α-hetero) is 1. The van der Waals surface area contributed by atoms with Crippen LogP contribution in [0.1, 0.15) is 28.5 Å². The van der Waals surface area contributed by atoms with Crippen LogP contribution in [0.25, 0.3) is 10.9 Å². The van der Waals surface area contributed by atoms with Crippen LogP contribution in [0, 0.1) is 13.8 Å².